The summed E-state index contributed by atoms with van der Waals surface area (Å²) in [5, 5.41) is 5.95. The fourth-order valence-corrected chi connectivity index (χ4v) is 4.07. The average Bonchev–Trinajstić information content (AvgIpc) is 3.38. The summed E-state index contributed by atoms with van der Waals surface area (Å²) in [5.41, 5.74) is 1.97. The molecule has 2 amide bonds. The van der Waals surface area contributed by atoms with Gasteiger partial charge in [0.25, 0.3) is 0 Å². The predicted octanol–water partition coefficient (Wildman–Crippen LogP) is 2.83. The van der Waals surface area contributed by atoms with Crippen LogP contribution in [0.5, 0.6) is 0 Å². The lowest BCUT2D eigenvalue weighted by Crippen LogP contribution is -2.46. The first-order valence-electron chi connectivity index (χ1n) is 8.78. The van der Waals surface area contributed by atoms with E-state index < -0.39 is 0 Å². The van der Waals surface area contributed by atoms with Gasteiger partial charge in [0, 0.05) is 30.0 Å². The van der Waals surface area contributed by atoms with Gasteiger partial charge in [-0.3, -0.25) is 9.59 Å². The molecule has 0 radical (unpaired) electrons. The molecule has 6 heteroatoms. The lowest BCUT2D eigenvalue weighted by atomic mass is 9.96. The van der Waals surface area contributed by atoms with E-state index in [2.05, 4.69) is 10.3 Å². The lowest BCUT2D eigenvalue weighted by molar-refractivity contribution is -0.138. The van der Waals surface area contributed by atoms with Crippen LogP contribution in [0.25, 0.3) is 10.6 Å². The Morgan fingerprint density at radius 3 is 2.80 bits per heavy atom. The SMILES string of the molecule is O=C(NCc1csc(-c2ccccc2)n1)C1CCC(=O)N(C2CC2)C1. The second kappa shape index (κ2) is 6.96. The van der Waals surface area contributed by atoms with Gasteiger partial charge in [0.1, 0.15) is 5.01 Å². The van der Waals surface area contributed by atoms with E-state index >= 15 is 0 Å². The van der Waals surface area contributed by atoms with Gasteiger partial charge in [-0.2, -0.15) is 0 Å². The van der Waals surface area contributed by atoms with Crippen LogP contribution in [-0.2, 0) is 16.1 Å². The van der Waals surface area contributed by atoms with E-state index in [1.165, 1.54) is 0 Å². The molecule has 130 valence electrons. The van der Waals surface area contributed by atoms with Crippen molar-refractivity contribution in [2.75, 3.05) is 6.54 Å². The minimum atomic E-state index is -0.0921. The molecule has 1 aliphatic heterocycles. The van der Waals surface area contributed by atoms with Gasteiger partial charge < -0.3 is 10.2 Å². The molecule has 1 aromatic heterocycles. The number of benzene rings is 1. The molecule has 1 saturated carbocycles. The molecule has 1 aromatic carbocycles. The predicted molar refractivity (Wildman–Crippen MR) is 96.9 cm³/mol. The van der Waals surface area contributed by atoms with Crippen LogP contribution in [0.3, 0.4) is 0 Å². The highest BCUT2D eigenvalue weighted by Crippen LogP contribution is 2.31. The van der Waals surface area contributed by atoms with Crippen LogP contribution in [0.1, 0.15) is 31.4 Å². The highest BCUT2D eigenvalue weighted by molar-refractivity contribution is 7.13. The van der Waals surface area contributed by atoms with E-state index in [0.717, 1.165) is 29.1 Å². The zero-order chi connectivity index (χ0) is 17.2. The van der Waals surface area contributed by atoms with Crippen molar-refractivity contribution in [3.05, 3.63) is 41.4 Å². The Kier molecular flexibility index (Phi) is 4.53. The molecule has 1 N–H and O–H groups in total. The number of nitrogens with one attached hydrogen (secondary N) is 1. The Morgan fingerprint density at radius 2 is 2.04 bits per heavy atom. The van der Waals surface area contributed by atoms with Crippen molar-refractivity contribution in [3.63, 3.8) is 0 Å². The molecule has 25 heavy (non-hydrogen) atoms. The van der Waals surface area contributed by atoms with E-state index in [9.17, 15) is 9.59 Å². The van der Waals surface area contributed by atoms with Gasteiger partial charge in [-0.1, -0.05) is 30.3 Å². The van der Waals surface area contributed by atoms with Gasteiger partial charge in [-0.15, -0.1) is 11.3 Å². The smallest absolute Gasteiger partial charge is 0.225 e. The van der Waals surface area contributed by atoms with Crippen molar-refractivity contribution in [2.45, 2.75) is 38.3 Å². The van der Waals surface area contributed by atoms with Crippen molar-refractivity contribution in [1.29, 1.82) is 0 Å². The van der Waals surface area contributed by atoms with Crippen LogP contribution in [0.15, 0.2) is 35.7 Å². The third-order valence-electron chi connectivity index (χ3n) is 4.82. The number of thiazole rings is 1. The number of hydrogen-bond donors (Lipinski definition) is 1. The van der Waals surface area contributed by atoms with Crippen LogP contribution in [0.2, 0.25) is 0 Å². The van der Waals surface area contributed by atoms with Crippen LogP contribution in [0, 0.1) is 5.92 Å². The molecule has 1 aliphatic carbocycles. The van der Waals surface area contributed by atoms with E-state index in [1.54, 1.807) is 11.3 Å². The van der Waals surface area contributed by atoms with Gasteiger partial charge in [-0.25, -0.2) is 4.98 Å². The topological polar surface area (TPSA) is 62.3 Å². The van der Waals surface area contributed by atoms with Gasteiger partial charge >= 0.3 is 0 Å². The van der Waals surface area contributed by atoms with E-state index in [-0.39, 0.29) is 17.7 Å². The van der Waals surface area contributed by atoms with Crippen molar-refractivity contribution >= 4 is 23.2 Å². The highest BCUT2D eigenvalue weighted by atomic mass is 32.1. The largest absolute Gasteiger partial charge is 0.350 e. The molecule has 2 aliphatic rings. The number of aromatic nitrogens is 1. The third kappa shape index (κ3) is 3.74. The van der Waals surface area contributed by atoms with Gasteiger partial charge in [0.15, 0.2) is 0 Å². The van der Waals surface area contributed by atoms with Crippen LogP contribution in [-0.4, -0.2) is 34.3 Å². The van der Waals surface area contributed by atoms with Crippen molar-refractivity contribution < 1.29 is 9.59 Å². The minimum Gasteiger partial charge on any atom is -0.350 e. The number of rotatable bonds is 5. The van der Waals surface area contributed by atoms with Gasteiger partial charge in [0.05, 0.1) is 18.2 Å². The summed E-state index contributed by atoms with van der Waals surface area (Å²) < 4.78 is 0. The first kappa shape index (κ1) is 16.3. The maximum absolute atomic E-state index is 12.5. The maximum atomic E-state index is 12.5. The third-order valence-corrected chi connectivity index (χ3v) is 5.76. The lowest BCUT2D eigenvalue weighted by Gasteiger charge is -2.32. The molecule has 1 saturated heterocycles. The molecule has 1 atom stereocenters. The Bertz CT molecular complexity index is 770. The van der Waals surface area contributed by atoms with Crippen molar-refractivity contribution in [2.24, 2.45) is 5.92 Å². The number of nitrogens with zero attached hydrogens (tertiary/aromatic N) is 2. The van der Waals surface area contributed by atoms with E-state index in [0.29, 0.717) is 32.0 Å². The Balaban J connectivity index is 1.33. The molecule has 0 bridgehead atoms. The van der Waals surface area contributed by atoms with Crippen LogP contribution < -0.4 is 5.32 Å². The Hall–Kier alpha value is -2.21. The molecular weight excluding hydrogens is 334 g/mol. The molecule has 2 heterocycles. The van der Waals surface area contributed by atoms with Gasteiger partial charge in [-0.05, 0) is 19.3 Å². The quantitative estimate of drug-likeness (QED) is 0.897. The molecule has 4 rings (SSSR count). The number of likely N-dealkylation sites (tertiary alicyclic amines) is 1. The van der Waals surface area contributed by atoms with E-state index in [4.69, 9.17) is 0 Å². The second-order valence-corrected chi connectivity index (χ2v) is 7.60. The summed E-state index contributed by atoms with van der Waals surface area (Å²) in [6, 6.07) is 10.4. The summed E-state index contributed by atoms with van der Waals surface area (Å²) in [7, 11) is 0. The standard InChI is InChI=1S/C19H21N3O2S/c23-17-9-6-14(11-22(17)16-7-8-16)18(24)20-10-15-12-25-19(21-15)13-4-2-1-3-5-13/h1-5,12,14,16H,6-11H2,(H,20,24). The minimum absolute atomic E-state index is 0.0346. The number of hydrogen-bond acceptors (Lipinski definition) is 4. The molecular formula is C19H21N3O2S. The van der Waals surface area contributed by atoms with Gasteiger partial charge in [0.2, 0.25) is 11.8 Å². The zero-order valence-electron chi connectivity index (χ0n) is 14.0. The number of carbonyl (C=O) groups is 2. The van der Waals surface area contributed by atoms with E-state index in [1.807, 2.05) is 40.6 Å². The summed E-state index contributed by atoms with van der Waals surface area (Å²) >= 11 is 1.59. The first-order valence-corrected chi connectivity index (χ1v) is 9.65. The first-order chi connectivity index (χ1) is 12.2. The average molecular weight is 355 g/mol. The molecule has 1 unspecified atom stereocenters. The zero-order valence-corrected chi connectivity index (χ0v) is 14.8. The summed E-state index contributed by atoms with van der Waals surface area (Å²) in [4.78, 5) is 30.9. The fourth-order valence-electron chi connectivity index (χ4n) is 3.25. The summed E-state index contributed by atoms with van der Waals surface area (Å²) in [6.45, 7) is 1.01. The molecule has 2 fully saturated rings. The fraction of sp³-hybridized carbons (Fsp3) is 0.421. The number of amides is 2. The molecule has 5 nitrogen and oxygen atoms in total. The highest BCUT2D eigenvalue weighted by Gasteiger charge is 2.38. The molecule has 0 spiro atoms. The maximum Gasteiger partial charge on any atom is 0.225 e. The van der Waals surface area contributed by atoms with Crippen LogP contribution >= 0.6 is 11.3 Å². The number of piperidine rings is 1. The second-order valence-electron chi connectivity index (χ2n) is 6.74. The normalized spacial score (nSPS) is 20.6. The summed E-state index contributed by atoms with van der Waals surface area (Å²) in [5.74, 6) is 0.150. The summed E-state index contributed by atoms with van der Waals surface area (Å²) in [6.07, 6.45) is 3.31. The number of carbonyl (C=O) groups excluding carboxylic acids is 2. The van der Waals surface area contributed by atoms with Crippen molar-refractivity contribution in [1.82, 2.24) is 15.2 Å². The van der Waals surface area contributed by atoms with Crippen LogP contribution in [0.4, 0.5) is 0 Å². The van der Waals surface area contributed by atoms with Crippen molar-refractivity contribution in [3.8, 4) is 10.6 Å². The molecule has 2 aromatic rings. The Labute approximate surface area is 151 Å². The Morgan fingerprint density at radius 1 is 1.24 bits per heavy atom. The monoisotopic (exact) mass is 355 g/mol.